The second-order valence-corrected chi connectivity index (χ2v) is 7.39. The highest BCUT2D eigenvalue weighted by molar-refractivity contribution is 7.80. The summed E-state index contributed by atoms with van der Waals surface area (Å²) in [7, 11) is 7.45. The Morgan fingerprint density at radius 2 is 1.68 bits per heavy atom. The van der Waals surface area contributed by atoms with E-state index in [1.54, 1.807) is 14.2 Å². The van der Waals surface area contributed by atoms with Crippen LogP contribution in [-0.2, 0) is 6.54 Å². The Balaban J connectivity index is 2.18. The van der Waals surface area contributed by atoms with Crippen molar-refractivity contribution in [2.45, 2.75) is 19.9 Å². The van der Waals surface area contributed by atoms with Gasteiger partial charge in [-0.15, -0.1) is 0 Å². The minimum atomic E-state index is 0.642. The highest BCUT2D eigenvalue weighted by Gasteiger charge is 2.14. The van der Waals surface area contributed by atoms with Crippen LogP contribution in [0.1, 0.15) is 17.5 Å². The second kappa shape index (κ2) is 10.9. The molecule has 0 radical (unpaired) electrons. The monoisotopic (exact) mass is 401 g/mol. The van der Waals surface area contributed by atoms with Gasteiger partial charge in [-0.25, -0.2) is 0 Å². The molecule has 0 heterocycles. The predicted octanol–water partition coefficient (Wildman–Crippen LogP) is 3.85. The number of thiocarbonyl (C=S) groups is 1. The third-order valence-electron chi connectivity index (χ3n) is 4.44. The number of rotatable bonds is 9. The molecule has 0 aliphatic carbocycles. The Hall–Kier alpha value is -2.31. The number of methoxy groups -OCH3 is 2. The van der Waals surface area contributed by atoms with Crippen LogP contribution in [0.5, 0.6) is 11.5 Å². The lowest BCUT2D eigenvalue weighted by molar-refractivity contribution is 0.354. The average Bonchev–Trinajstić information content (AvgIpc) is 2.69. The molecule has 0 atom stereocenters. The van der Waals surface area contributed by atoms with Crippen molar-refractivity contribution in [3.05, 3.63) is 53.6 Å². The first kappa shape index (κ1) is 22.0. The van der Waals surface area contributed by atoms with Crippen LogP contribution in [-0.4, -0.2) is 51.4 Å². The number of ether oxygens (including phenoxy) is 2. The zero-order valence-electron chi connectivity index (χ0n) is 17.5. The van der Waals surface area contributed by atoms with Crippen LogP contribution >= 0.6 is 12.2 Å². The molecule has 0 unspecified atom stereocenters. The van der Waals surface area contributed by atoms with Crippen LogP contribution in [0.15, 0.2) is 42.5 Å². The minimum Gasteiger partial charge on any atom is -0.493 e. The van der Waals surface area contributed by atoms with Crippen LogP contribution in [0.2, 0.25) is 0 Å². The van der Waals surface area contributed by atoms with Gasteiger partial charge in [-0.2, -0.15) is 0 Å². The lowest BCUT2D eigenvalue weighted by Gasteiger charge is -2.27. The number of aryl methyl sites for hydroxylation is 1. The van der Waals surface area contributed by atoms with Gasteiger partial charge in [0.05, 0.1) is 20.8 Å². The van der Waals surface area contributed by atoms with E-state index in [2.05, 4.69) is 60.4 Å². The van der Waals surface area contributed by atoms with Gasteiger partial charge < -0.3 is 24.6 Å². The lowest BCUT2D eigenvalue weighted by Crippen LogP contribution is -2.40. The van der Waals surface area contributed by atoms with Gasteiger partial charge in [-0.1, -0.05) is 23.8 Å². The smallest absolute Gasteiger partial charge is 0.173 e. The van der Waals surface area contributed by atoms with Gasteiger partial charge in [0, 0.05) is 12.2 Å². The molecular weight excluding hydrogens is 370 g/mol. The fourth-order valence-corrected chi connectivity index (χ4v) is 3.12. The van der Waals surface area contributed by atoms with E-state index in [9.17, 15) is 0 Å². The Labute approximate surface area is 174 Å². The highest BCUT2D eigenvalue weighted by atomic mass is 32.1. The van der Waals surface area contributed by atoms with Crippen LogP contribution in [0.4, 0.5) is 5.69 Å². The first-order chi connectivity index (χ1) is 13.4. The van der Waals surface area contributed by atoms with E-state index in [4.69, 9.17) is 21.7 Å². The maximum Gasteiger partial charge on any atom is 0.173 e. The molecule has 0 amide bonds. The summed E-state index contributed by atoms with van der Waals surface area (Å²) in [6.45, 7) is 4.59. The molecule has 2 aromatic carbocycles. The molecule has 2 rings (SSSR count). The third kappa shape index (κ3) is 6.39. The van der Waals surface area contributed by atoms with Crippen molar-refractivity contribution in [2.75, 3.05) is 46.3 Å². The molecule has 1 N–H and O–H groups in total. The molecule has 0 bridgehead atoms. The summed E-state index contributed by atoms with van der Waals surface area (Å²) in [5.41, 5.74) is 3.38. The fraction of sp³-hybridized carbons (Fsp3) is 0.409. The summed E-state index contributed by atoms with van der Waals surface area (Å²) < 4.78 is 10.8. The molecule has 152 valence electrons. The number of nitrogens with one attached hydrogen (secondary N) is 1. The molecule has 0 saturated carbocycles. The minimum absolute atomic E-state index is 0.642. The molecule has 0 aromatic heterocycles. The molecule has 6 heteroatoms. The van der Waals surface area contributed by atoms with Crippen molar-refractivity contribution in [1.82, 2.24) is 10.2 Å². The summed E-state index contributed by atoms with van der Waals surface area (Å²) >= 11 is 5.72. The maximum atomic E-state index is 5.72. The quantitative estimate of drug-likeness (QED) is 0.508. The Morgan fingerprint density at radius 3 is 2.29 bits per heavy atom. The molecule has 0 aliphatic rings. The summed E-state index contributed by atoms with van der Waals surface area (Å²) in [6, 6.07) is 14.4. The summed E-state index contributed by atoms with van der Waals surface area (Å²) in [4.78, 5) is 4.29. The van der Waals surface area contributed by atoms with E-state index in [1.807, 2.05) is 18.2 Å². The summed E-state index contributed by atoms with van der Waals surface area (Å²) in [6.07, 6.45) is 1.03. The Kier molecular flexibility index (Phi) is 8.54. The third-order valence-corrected chi connectivity index (χ3v) is 4.80. The molecule has 0 saturated heterocycles. The topological polar surface area (TPSA) is 37.0 Å². The summed E-state index contributed by atoms with van der Waals surface area (Å²) in [5, 5.41) is 4.12. The van der Waals surface area contributed by atoms with E-state index in [-0.39, 0.29) is 0 Å². The number of anilines is 1. The highest BCUT2D eigenvalue weighted by Crippen LogP contribution is 2.29. The van der Waals surface area contributed by atoms with Crippen LogP contribution < -0.4 is 19.7 Å². The van der Waals surface area contributed by atoms with E-state index in [0.29, 0.717) is 12.3 Å². The molecule has 28 heavy (non-hydrogen) atoms. The predicted molar refractivity (Wildman–Crippen MR) is 121 cm³/mol. The van der Waals surface area contributed by atoms with E-state index in [0.717, 1.165) is 41.6 Å². The van der Waals surface area contributed by atoms with E-state index >= 15 is 0 Å². The average molecular weight is 402 g/mol. The first-order valence-electron chi connectivity index (χ1n) is 9.42. The molecule has 0 fully saturated rings. The van der Waals surface area contributed by atoms with Gasteiger partial charge in [0.25, 0.3) is 0 Å². The van der Waals surface area contributed by atoms with Gasteiger partial charge in [0.15, 0.2) is 16.6 Å². The normalized spacial score (nSPS) is 10.6. The van der Waals surface area contributed by atoms with Gasteiger partial charge in [-0.3, -0.25) is 0 Å². The van der Waals surface area contributed by atoms with Crippen molar-refractivity contribution in [1.29, 1.82) is 0 Å². The zero-order chi connectivity index (χ0) is 20.5. The standard InChI is InChI=1S/C22H31N3O2S/c1-17-7-10-19(11-8-17)25(22(28)23-13-6-14-24(2)3)16-18-9-12-20(26-4)21(15-18)27-5/h7-12,15H,6,13-14,16H2,1-5H3,(H,23,28). The maximum absolute atomic E-state index is 5.72. The van der Waals surface area contributed by atoms with Crippen molar-refractivity contribution >= 4 is 23.0 Å². The molecule has 5 nitrogen and oxygen atoms in total. The molecule has 0 spiro atoms. The van der Waals surface area contributed by atoms with Crippen molar-refractivity contribution in [3.63, 3.8) is 0 Å². The Bertz CT molecular complexity index is 763. The zero-order valence-corrected chi connectivity index (χ0v) is 18.3. The summed E-state index contributed by atoms with van der Waals surface area (Å²) in [5.74, 6) is 1.44. The van der Waals surface area contributed by atoms with Crippen LogP contribution in [0.25, 0.3) is 0 Å². The van der Waals surface area contributed by atoms with Crippen molar-refractivity contribution in [2.24, 2.45) is 0 Å². The van der Waals surface area contributed by atoms with Crippen molar-refractivity contribution < 1.29 is 9.47 Å². The lowest BCUT2D eigenvalue weighted by atomic mass is 10.1. The number of benzene rings is 2. The molecular formula is C22H31N3O2S. The SMILES string of the molecule is COc1ccc(CN(C(=S)NCCCN(C)C)c2ccc(C)cc2)cc1OC. The van der Waals surface area contributed by atoms with Crippen LogP contribution in [0.3, 0.4) is 0 Å². The van der Waals surface area contributed by atoms with Gasteiger partial charge in [0.1, 0.15) is 0 Å². The van der Waals surface area contributed by atoms with Gasteiger partial charge >= 0.3 is 0 Å². The van der Waals surface area contributed by atoms with E-state index < -0.39 is 0 Å². The number of nitrogens with zero attached hydrogens (tertiary/aromatic N) is 2. The molecule has 0 aliphatic heterocycles. The first-order valence-corrected chi connectivity index (χ1v) is 9.83. The van der Waals surface area contributed by atoms with Gasteiger partial charge in [0.2, 0.25) is 0 Å². The largest absolute Gasteiger partial charge is 0.493 e. The van der Waals surface area contributed by atoms with Crippen LogP contribution in [0, 0.1) is 6.92 Å². The Morgan fingerprint density at radius 1 is 1.00 bits per heavy atom. The van der Waals surface area contributed by atoms with Crippen molar-refractivity contribution in [3.8, 4) is 11.5 Å². The number of hydrogen-bond donors (Lipinski definition) is 1. The van der Waals surface area contributed by atoms with E-state index in [1.165, 1.54) is 5.56 Å². The number of hydrogen-bond acceptors (Lipinski definition) is 4. The second-order valence-electron chi connectivity index (χ2n) is 7.00. The van der Waals surface area contributed by atoms with Gasteiger partial charge in [-0.05, 0) is 76.0 Å². The fourth-order valence-electron chi connectivity index (χ4n) is 2.85. The molecule has 2 aromatic rings.